The average Bonchev–Trinajstić information content (AvgIpc) is 3.26. The number of nitrogens with zero attached hydrogens (tertiary/aromatic N) is 5. The maximum atomic E-state index is 13.1. The van der Waals surface area contributed by atoms with Gasteiger partial charge in [-0.1, -0.05) is 22.9 Å². The molecule has 3 aromatic rings. The van der Waals surface area contributed by atoms with Crippen LogP contribution >= 0.6 is 23.4 Å². The van der Waals surface area contributed by atoms with E-state index in [4.69, 9.17) is 11.6 Å². The molecule has 0 saturated heterocycles. The molecule has 0 bridgehead atoms. The topological polar surface area (TPSA) is 101 Å². The number of H-pyrrole nitrogens is 1. The molecule has 25 heavy (non-hydrogen) atoms. The molecule has 8 nitrogen and oxygen atoms in total. The predicted molar refractivity (Wildman–Crippen MR) is 90.0 cm³/mol. The largest absolute Gasteiger partial charge is 0.350 e. The number of aromatic nitrogens is 6. The maximum absolute atomic E-state index is 13.1. The molecule has 2 heterocycles. The summed E-state index contributed by atoms with van der Waals surface area (Å²) in [6.07, 6.45) is 3.12. The van der Waals surface area contributed by atoms with E-state index in [0.29, 0.717) is 29.4 Å². The Morgan fingerprint density at radius 1 is 1.44 bits per heavy atom. The summed E-state index contributed by atoms with van der Waals surface area (Å²) in [5.74, 6) is -0.0782. The minimum Gasteiger partial charge on any atom is -0.350 e. The fourth-order valence-electron chi connectivity index (χ4n) is 1.98. The molecule has 0 atom stereocenters. The first-order valence-corrected chi connectivity index (χ1v) is 8.59. The van der Waals surface area contributed by atoms with Crippen molar-refractivity contribution in [3.8, 4) is 0 Å². The number of carbonyl (C=O) groups is 1. The van der Waals surface area contributed by atoms with Crippen molar-refractivity contribution in [2.24, 2.45) is 0 Å². The van der Waals surface area contributed by atoms with E-state index in [0.717, 1.165) is 5.03 Å². The van der Waals surface area contributed by atoms with Crippen LogP contribution in [0.4, 0.5) is 4.39 Å². The quantitative estimate of drug-likeness (QED) is 0.477. The van der Waals surface area contributed by atoms with E-state index in [1.807, 2.05) is 0 Å². The third-order valence-corrected chi connectivity index (χ3v) is 4.40. The molecular weight excluding hydrogens is 369 g/mol. The van der Waals surface area contributed by atoms with Gasteiger partial charge >= 0.3 is 0 Å². The Balaban J connectivity index is 1.50. The number of halogens is 2. The van der Waals surface area contributed by atoms with Gasteiger partial charge in [-0.05, 0) is 17.7 Å². The van der Waals surface area contributed by atoms with Crippen molar-refractivity contribution in [1.82, 2.24) is 35.7 Å². The van der Waals surface area contributed by atoms with Gasteiger partial charge in [0.25, 0.3) is 5.91 Å². The summed E-state index contributed by atoms with van der Waals surface area (Å²) in [5.41, 5.74) is 0.883. The van der Waals surface area contributed by atoms with Crippen molar-refractivity contribution >= 4 is 29.3 Å². The first-order chi connectivity index (χ1) is 12.1. The Kier molecular flexibility index (Phi) is 5.61. The molecule has 1 amide bonds. The van der Waals surface area contributed by atoms with Crippen LogP contribution in [0.2, 0.25) is 5.02 Å². The number of hydrogen-bond donors (Lipinski definition) is 2. The van der Waals surface area contributed by atoms with Crippen LogP contribution in [0.1, 0.15) is 16.1 Å². The molecule has 3 rings (SSSR count). The van der Waals surface area contributed by atoms with Crippen molar-refractivity contribution in [2.45, 2.75) is 11.6 Å². The first-order valence-electron chi connectivity index (χ1n) is 7.22. The molecule has 0 unspecified atom stereocenters. The zero-order chi connectivity index (χ0) is 17.6. The van der Waals surface area contributed by atoms with Gasteiger partial charge in [-0.15, -0.1) is 22.0 Å². The highest BCUT2D eigenvalue weighted by Gasteiger charge is 2.11. The number of thioether (sulfide) groups is 1. The molecule has 2 N–H and O–H groups in total. The van der Waals surface area contributed by atoms with Gasteiger partial charge in [0.05, 0.1) is 18.9 Å². The molecule has 0 fully saturated rings. The number of nitrogens with one attached hydrogen (secondary N) is 2. The van der Waals surface area contributed by atoms with E-state index < -0.39 is 5.82 Å². The second kappa shape index (κ2) is 8.08. The fourth-order valence-corrected chi connectivity index (χ4v) is 2.85. The van der Waals surface area contributed by atoms with Crippen molar-refractivity contribution < 1.29 is 9.18 Å². The molecule has 1 aromatic carbocycles. The number of rotatable bonds is 7. The van der Waals surface area contributed by atoms with Gasteiger partial charge in [-0.2, -0.15) is 10.3 Å². The van der Waals surface area contributed by atoms with Gasteiger partial charge in [0.15, 0.2) is 5.69 Å². The lowest BCUT2D eigenvalue weighted by Gasteiger charge is -2.03. The first kappa shape index (κ1) is 17.4. The fraction of sp³-hybridized carbons (Fsp3) is 0.214. The van der Waals surface area contributed by atoms with E-state index in [9.17, 15) is 9.18 Å². The molecule has 11 heteroatoms. The van der Waals surface area contributed by atoms with Crippen molar-refractivity contribution in [3.05, 3.63) is 52.7 Å². The lowest BCUT2D eigenvalue weighted by atomic mass is 10.2. The van der Waals surface area contributed by atoms with E-state index in [1.54, 1.807) is 12.3 Å². The Labute approximate surface area is 151 Å². The number of amides is 1. The summed E-state index contributed by atoms with van der Waals surface area (Å²) in [6, 6.07) is 4.12. The van der Waals surface area contributed by atoms with Gasteiger partial charge in [0.2, 0.25) is 0 Å². The Hall–Kier alpha value is -2.46. The van der Waals surface area contributed by atoms with E-state index >= 15 is 0 Å². The lowest BCUT2D eigenvalue weighted by molar-refractivity contribution is 0.0951. The smallest absolute Gasteiger partial charge is 0.273 e. The third-order valence-electron chi connectivity index (χ3n) is 3.15. The highest BCUT2D eigenvalue weighted by molar-refractivity contribution is 7.99. The monoisotopic (exact) mass is 381 g/mol. The minimum absolute atomic E-state index is 0.199. The van der Waals surface area contributed by atoms with Crippen LogP contribution in [0.25, 0.3) is 0 Å². The molecule has 0 radical (unpaired) electrons. The second-order valence-corrected chi connectivity index (χ2v) is 6.47. The summed E-state index contributed by atoms with van der Waals surface area (Å²) in [5, 5.41) is 21.6. The van der Waals surface area contributed by atoms with Gasteiger partial charge in [0.1, 0.15) is 10.8 Å². The van der Waals surface area contributed by atoms with Crippen LogP contribution in [0, 0.1) is 5.82 Å². The Morgan fingerprint density at radius 3 is 3.08 bits per heavy atom. The van der Waals surface area contributed by atoms with Crippen molar-refractivity contribution in [1.29, 1.82) is 0 Å². The molecule has 0 aliphatic heterocycles. The highest BCUT2D eigenvalue weighted by atomic mass is 35.5. The van der Waals surface area contributed by atoms with E-state index in [-0.39, 0.29) is 11.6 Å². The van der Waals surface area contributed by atoms with Crippen LogP contribution in [-0.4, -0.2) is 48.6 Å². The molecular formula is C14H13ClFN7OS. The van der Waals surface area contributed by atoms with Crippen LogP contribution in [-0.2, 0) is 6.54 Å². The van der Waals surface area contributed by atoms with Gasteiger partial charge in [-0.3, -0.25) is 4.79 Å². The normalized spacial score (nSPS) is 10.8. The number of hydrogen-bond acceptors (Lipinski definition) is 6. The van der Waals surface area contributed by atoms with Gasteiger partial charge in [0, 0.05) is 17.3 Å². The number of benzene rings is 1. The van der Waals surface area contributed by atoms with Crippen LogP contribution in [0.3, 0.4) is 0 Å². The predicted octanol–water partition coefficient (Wildman–Crippen LogP) is 1.76. The van der Waals surface area contributed by atoms with Crippen molar-refractivity contribution in [3.63, 3.8) is 0 Å². The van der Waals surface area contributed by atoms with Gasteiger partial charge in [-0.25, -0.2) is 9.07 Å². The zero-order valence-electron chi connectivity index (χ0n) is 12.8. The molecule has 130 valence electrons. The summed E-state index contributed by atoms with van der Waals surface area (Å²) in [4.78, 5) is 12.0. The SMILES string of the molecule is O=C(NCCSc1cn[nH]n1)c1cn(Cc2ccc(F)cc2Cl)nn1. The lowest BCUT2D eigenvalue weighted by Crippen LogP contribution is -2.26. The number of carbonyl (C=O) groups excluding carboxylic acids is 1. The molecule has 0 spiro atoms. The van der Waals surface area contributed by atoms with Crippen LogP contribution < -0.4 is 5.32 Å². The van der Waals surface area contributed by atoms with Crippen LogP contribution in [0.15, 0.2) is 35.6 Å². The maximum Gasteiger partial charge on any atom is 0.273 e. The third kappa shape index (κ3) is 4.77. The summed E-state index contributed by atoms with van der Waals surface area (Å²) < 4.78 is 14.5. The highest BCUT2D eigenvalue weighted by Crippen LogP contribution is 2.18. The molecule has 0 aliphatic rings. The molecule has 0 aliphatic carbocycles. The summed E-state index contributed by atoms with van der Waals surface area (Å²) in [6.45, 7) is 0.744. The minimum atomic E-state index is -0.407. The average molecular weight is 382 g/mol. The molecule has 2 aromatic heterocycles. The second-order valence-electron chi connectivity index (χ2n) is 4.95. The van der Waals surface area contributed by atoms with Crippen molar-refractivity contribution in [2.75, 3.05) is 12.3 Å². The number of aromatic amines is 1. The Morgan fingerprint density at radius 2 is 2.32 bits per heavy atom. The van der Waals surface area contributed by atoms with Crippen LogP contribution in [0.5, 0.6) is 0 Å². The van der Waals surface area contributed by atoms with Gasteiger partial charge < -0.3 is 5.32 Å². The van der Waals surface area contributed by atoms with E-state index in [2.05, 4.69) is 31.0 Å². The molecule has 0 saturated carbocycles. The van der Waals surface area contributed by atoms with E-state index in [1.165, 1.54) is 34.8 Å². The summed E-state index contributed by atoms with van der Waals surface area (Å²) in [7, 11) is 0. The standard InChI is InChI=1S/C14H13ClFN7OS/c15-11-5-10(16)2-1-9(11)7-23-8-12(19-22-23)14(24)17-3-4-25-13-6-18-21-20-13/h1-2,5-6,8H,3-4,7H2,(H,17,24)(H,18,20,21). The Bertz CT molecular complexity index is 855. The zero-order valence-corrected chi connectivity index (χ0v) is 14.4. The summed E-state index contributed by atoms with van der Waals surface area (Å²) >= 11 is 7.45.